The smallest absolute Gasteiger partial charge is 0.0712 e. The zero-order valence-corrected chi connectivity index (χ0v) is 10.3. The third-order valence-electron chi connectivity index (χ3n) is 3.03. The number of aromatic nitrogens is 2. The molecule has 86 valence electrons. The number of fused-ring (bicyclic) bond motifs is 1. The minimum absolute atomic E-state index is 0.0962. The van der Waals surface area contributed by atoms with Gasteiger partial charge in [-0.1, -0.05) is 6.07 Å². The first-order chi connectivity index (χ1) is 8.27. The van der Waals surface area contributed by atoms with Crippen LogP contribution in [0, 0.1) is 6.92 Å². The largest absolute Gasteiger partial charge is 0.320 e. The molecule has 0 aliphatic carbocycles. The van der Waals surface area contributed by atoms with Crippen molar-refractivity contribution in [3.8, 4) is 0 Å². The molecule has 0 amide bonds. The Labute approximate surface area is 104 Å². The molecule has 0 saturated heterocycles. The number of nitrogens with zero attached hydrogens (tertiary/aromatic N) is 2. The van der Waals surface area contributed by atoms with Gasteiger partial charge in [0.15, 0.2) is 0 Å². The topological polar surface area (TPSA) is 43.3 Å². The van der Waals surface area contributed by atoms with E-state index in [0.717, 1.165) is 11.1 Å². The molecule has 0 spiro atoms. The minimum atomic E-state index is -0.0962. The maximum atomic E-state index is 6.33. The summed E-state index contributed by atoms with van der Waals surface area (Å²) in [6.45, 7) is 2.10. The van der Waals surface area contributed by atoms with Crippen LogP contribution in [0.5, 0.6) is 0 Å². The maximum absolute atomic E-state index is 6.33. The minimum Gasteiger partial charge on any atom is -0.320 e. The molecule has 3 aromatic heterocycles. The molecule has 0 bridgehead atoms. The first kappa shape index (κ1) is 10.5. The third-order valence-corrected chi connectivity index (χ3v) is 3.89. The van der Waals surface area contributed by atoms with Crippen molar-refractivity contribution < 1.29 is 0 Å². The van der Waals surface area contributed by atoms with Gasteiger partial charge in [0.05, 0.1) is 17.8 Å². The standard InChI is InChI=1S/C13H13N3S/c1-9-10(5-7-17-9)13(14)11-8-15-16-6-3-2-4-12(11)16/h2-8,13H,14H2,1H3. The second kappa shape index (κ2) is 3.98. The zero-order valence-electron chi connectivity index (χ0n) is 9.50. The van der Waals surface area contributed by atoms with Gasteiger partial charge in [-0.3, -0.25) is 0 Å². The Morgan fingerprint density at radius 1 is 1.29 bits per heavy atom. The Morgan fingerprint density at radius 2 is 2.18 bits per heavy atom. The Balaban J connectivity index is 2.13. The van der Waals surface area contributed by atoms with Gasteiger partial charge in [0.2, 0.25) is 0 Å². The molecule has 1 atom stereocenters. The van der Waals surface area contributed by atoms with Crippen LogP contribution < -0.4 is 5.73 Å². The molecule has 3 rings (SSSR count). The summed E-state index contributed by atoms with van der Waals surface area (Å²) in [7, 11) is 0. The van der Waals surface area contributed by atoms with E-state index >= 15 is 0 Å². The van der Waals surface area contributed by atoms with Crippen LogP contribution in [0.3, 0.4) is 0 Å². The number of aryl methyl sites for hydroxylation is 1. The van der Waals surface area contributed by atoms with Gasteiger partial charge >= 0.3 is 0 Å². The van der Waals surface area contributed by atoms with Crippen LogP contribution in [0.25, 0.3) is 5.52 Å². The lowest BCUT2D eigenvalue weighted by atomic mass is 10.0. The van der Waals surface area contributed by atoms with E-state index in [9.17, 15) is 0 Å². The summed E-state index contributed by atoms with van der Waals surface area (Å²) in [6, 6.07) is 8.01. The molecule has 3 nitrogen and oxygen atoms in total. The molecule has 1 unspecified atom stereocenters. The number of hydrogen-bond acceptors (Lipinski definition) is 3. The summed E-state index contributed by atoms with van der Waals surface area (Å²) in [6.07, 6.45) is 3.79. The summed E-state index contributed by atoms with van der Waals surface area (Å²) < 4.78 is 1.86. The van der Waals surface area contributed by atoms with Gasteiger partial charge in [0.25, 0.3) is 0 Å². The highest BCUT2D eigenvalue weighted by Gasteiger charge is 2.16. The highest BCUT2D eigenvalue weighted by molar-refractivity contribution is 7.10. The van der Waals surface area contributed by atoms with Crippen molar-refractivity contribution in [1.82, 2.24) is 9.61 Å². The summed E-state index contributed by atoms with van der Waals surface area (Å²) in [4.78, 5) is 1.27. The lowest BCUT2D eigenvalue weighted by molar-refractivity contribution is 0.878. The van der Waals surface area contributed by atoms with E-state index in [1.54, 1.807) is 11.3 Å². The molecule has 0 saturated carbocycles. The van der Waals surface area contributed by atoms with Gasteiger partial charge in [-0.2, -0.15) is 5.10 Å². The lowest BCUT2D eigenvalue weighted by Crippen LogP contribution is -2.11. The predicted octanol–water partition coefficient (Wildman–Crippen LogP) is 2.75. The van der Waals surface area contributed by atoms with Crippen LogP contribution in [0.2, 0.25) is 0 Å². The summed E-state index contributed by atoms with van der Waals surface area (Å²) in [5.41, 5.74) is 9.66. The number of nitrogens with two attached hydrogens (primary N) is 1. The number of thiophene rings is 1. The van der Waals surface area contributed by atoms with Crippen molar-refractivity contribution in [3.63, 3.8) is 0 Å². The first-order valence-corrected chi connectivity index (χ1v) is 6.37. The van der Waals surface area contributed by atoms with E-state index in [-0.39, 0.29) is 6.04 Å². The fourth-order valence-corrected chi connectivity index (χ4v) is 2.83. The highest BCUT2D eigenvalue weighted by atomic mass is 32.1. The summed E-state index contributed by atoms with van der Waals surface area (Å²) >= 11 is 1.73. The van der Waals surface area contributed by atoms with Gasteiger partial charge in [0, 0.05) is 16.6 Å². The van der Waals surface area contributed by atoms with E-state index < -0.39 is 0 Å². The molecular weight excluding hydrogens is 230 g/mol. The van der Waals surface area contributed by atoms with Crippen LogP contribution in [-0.2, 0) is 0 Å². The normalized spacial score (nSPS) is 13.1. The Morgan fingerprint density at radius 3 is 2.94 bits per heavy atom. The predicted molar refractivity (Wildman–Crippen MR) is 70.3 cm³/mol. The molecular formula is C13H13N3S. The van der Waals surface area contributed by atoms with Crippen LogP contribution in [-0.4, -0.2) is 9.61 Å². The SMILES string of the molecule is Cc1sccc1C(N)c1cnn2ccccc12. The molecule has 0 aromatic carbocycles. The van der Waals surface area contributed by atoms with Crippen molar-refractivity contribution in [2.45, 2.75) is 13.0 Å². The maximum Gasteiger partial charge on any atom is 0.0712 e. The molecule has 3 aromatic rings. The molecule has 3 heterocycles. The number of hydrogen-bond donors (Lipinski definition) is 1. The van der Waals surface area contributed by atoms with Crippen molar-refractivity contribution >= 4 is 16.9 Å². The van der Waals surface area contributed by atoms with E-state index in [0.29, 0.717) is 0 Å². The van der Waals surface area contributed by atoms with Crippen LogP contribution in [0.4, 0.5) is 0 Å². The van der Waals surface area contributed by atoms with E-state index in [1.165, 1.54) is 10.4 Å². The zero-order chi connectivity index (χ0) is 11.8. The number of pyridine rings is 1. The lowest BCUT2D eigenvalue weighted by Gasteiger charge is -2.10. The van der Waals surface area contributed by atoms with Gasteiger partial charge < -0.3 is 5.73 Å². The average Bonchev–Trinajstić information content (AvgIpc) is 2.94. The monoisotopic (exact) mass is 243 g/mol. The second-order valence-electron chi connectivity index (χ2n) is 4.04. The van der Waals surface area contributed by atoms with E-state index in [2.05, 4.69) is 23.5 Å². The second-order valence-corrected chi connectivity index (χ2v) is 5.16. The van der Waals surface area contributed by atoms with Crippen LogP contribution in [0.1, 0.15) is 22.0 Å². The highest BCUT2D eigenvalue weighted by Crippen LogP contribution is 2.28. The van der Waals surface area contributed by atoms with Gasteiger partial charge in [0.1, 0.15) is 0 Å². The van der Waals surface area contributed by atoms with Crippen molar-refractivity contribution in [3.05, 3.63) is 58.0 Å². The van der Waals surface area contributed by atoms with Gasteiger partial charge in [-0.25, -0.2) is 4.52 Å². The van der Waals surface area contributed by atoms with Crippen molar-refractivity contribution in [1.29, 1.82) is 0 Å². The Kier molecular flexibility index (Phi) is 2.46. The molecule has 0 radical (unpaired) electrons. The Bertz CT molecular complexity index is 653. The van der Waals surface area contributed by atoms with Crippen LogP contribution in [0.15, 0.2) is 42.0 Å². The molecule has 0 aliphatic rings. The van der Waals surface area contributed by atoms with E-state index in [4.69, 9.17) is 5.73 Å². The fraction of sp³-hybridized carbons (Fsp3) is 0.154. The van der Waals surface area contributed by atoms with Crippen molar-refractivity contribution in [2.24, 2.45) is 5.73 Å². The van der Waals surface area contributed by atoms with Crippen molar-refractivity contribution in [2.75, 3.05) is 0 Å². The fourth-order valence-electron chi connectivity index (χ4n) is 2.08. The Hall–Kier alpha value is -1.65. The summed E-state index contributed by atoms with van der Waals surface area (Å²) in [5.74, 6) is 0. The summed E-state index contributed by atoms with van der Waals surface area (Å²) in [5, 5.41) is 6.40. The molecule has 2 N–H and O–H groups in total. The molecule has 0 aliphatic heterocycles. The first-order valence-electron chi connectivity index (χ1n) is 5.49. The van der Waals surface area contributed by atoms with Crippen LogP contribution >= 0.6 is 11.3 Å². The third kappa shape index (κ3) is 1.66. The average molecular weight is 243 g/mol. The van der Waals surface area contributed by atoms with Gasteiger partial charge in [-0.15, -0.1) is 11.3 Å². The molecule has 17 heavy (non-hydrogen) atoms. The molecule has 4 heteroatoms. The quantitative estimate of drug-likeness (QED) is 0.752. The van der Waals surface area contributed by atoms with Gasteiger partial charge in [-0.05, 0) is 36.1 Å². The van der Waals surface area contributed by atoms with E-state index in [1.807, 2.05) is 35.1 Å². The number of rotatable bonds is 2. The molecule has 0 fully saturated rings.